The van der Waals surface area contributed by atoms with Crippen molar-refractivity contribution >= 4 is 23.2 Å². The number of nitrogens with one attached hydrogen (secondary N) is 1. The van der Waals surface area contributed by atoms with Gasteiger partial charge >= 0.3 is 0 Å². The number of amides is 2. The first-order valence-corrected chi connectivity index (χ1v) is 10.9. The SMILES string of the molecule is CCOc1cc(C(=O)Nc2ccccc2C(=O)N2CC(C)CC(C)C2)c([N+](=O)[O-])cc1OC. The molecule has 0 saturated carbocycles. The number of hydrogen-bond acceptors (Lipinski definition) is 6. The van der Waals surface area contributed by atoms with Gasteiger partial charge in [0, 0.05) is 19.2 Å². The highest BCUT2D eigenvalue weighted by atomic mass is 16.6. The van der Waals surface area contributed by atoms with Gasteiger partial charge in [-0.15, -0.1) is 0 Å². The van der Waals surface area contributed by atoms with Gasteiger partial charge < -0.3 is 19.7 Å². The monoisotopic (exact) mass is 455 g/mol. The van der Waals surface area contributed by atoms with Crippen LogP contribution in [0.4, 0.5) is 11.4 Å². The van der Waals surface area contributed by atoms with Gasteiger partial charge in [0.05, 0.1) is 36.0 Å². The molecular formula is C24H29N3O6. The molecule has 2 amide bonds. The third-order valence-corrected chi connectivity index (χ3v) is 5.58. The van der Waals surface area contributed by atoms with E-state index >= 15 is 0 Å². The average molecular weight is 456 g/mol. The molecule has 1 saturated heterocycles. The molecule has 0 aliphatic carbocycles. The van der Waals surface area contributed by atoms with E-state index in [-0.39, 0.29) is 23.0 Å². The van der Waals surface area contributed by atoms with Gasteiger partial charge in [-0.25, -0.2) is 0 Å². The number of nitrogens with zero attached hydrogens (tertiary/aromatic N) is 2. The van der Waals surface area contributed by atoms with Crippen LogP contribution in [0, 0.1) is 22.0 Å². The van der Waals surface area contributed by atoms with Gasteiger partial charge in [0.2, 0.25) is 0 Å². The third kappa shape index (κ3) is 5.42. The summed E-state index contributed by atoms with van der Waals surface area (Å²) in [5.41, 5.74) is 0.0248. The topological polar surface area (TPSA) is 111 Å². The summed E-state index contributed by atoms with van der Waals surface area (Å²) in [6.07, 6.45) is 1.06. The average Bonchev–Trinajstić information content (AvgIpc) is 2.78. The van der Waals surface area contributed by atoms with Crippen LogP contribution in [0.5, 0.6) is 11.5 Å². The Balaban J connectivity index is 1.93. The fourth-order valence-corrected chi connectivity index (χ4v) is 4.28. The van der Waals surface area contributed by atoms with Gasteiger partial charge in [-0.2, -0.15) is 0 Å². The van der Waals surface area contributed by atoms with Gasteiger partial charge in [0.25, 0.3) is 17.5 Å². The number of ether oxygens (including phenoxy) is 2. The molecule has 9 heteroatoms. The summed E-state index contributed by atoms with van der Waals surface area (Å²) in [4.78, 5) is 39.1. The van der Waals surface area contributed by atoms with Crippen LogP contribution in [-0.2, 0) is 0 Å². The largest absolute Gasteiger partial charge is 0.493 e. The second-order valence-corrected chi connectivity index (χ2v) is 8.37. The summed E-state index contributed by atoms with van der Waals surface area (Å²) < 4.78 is 10.6. The van der Waals surface area contributed by atoms with Crippen LogP contribution in [-0.4, -0.2) is 48.4 Å². The maximum absolute atomic E-state index is 13.3. The second kappa shape index (κ2) is 10.3. The third-order valence-electron chi connectivity index (χ3n) is 5.58. The first-order chi connectivity index (χ1) is 15.7. The molecule has 2 atom stereocenters. The highest BCUT2D eigenvalue weighted by Gasteiger charge is 2.29. The van der Waals surface area contributed by atoms with Crippen molar-refractivity contribution < 1.29 is 24.0 Å². The van der Waals surface area contributed by atoms with Crippen molar-refractivity contribution in [3.63, 3.8) is 0 Å². The summed E-state index contributed by atoms with van der Waals surface area (Å²) in [6, 6.07) is 9.13. The summed E-state index contributed by atoms with van der Waals surface area (Å²) in [5, 5.41) is 14.3. The first-order valence-electron chi connectivity index (χ1n) is 10.9. The lowest BCUT2D eigenvalue weighted by molar-refractivity contribution is -0.385. The van der Waals surface area contributed by atoms with Crippen molar-refractivity contribution in [2.24, 2.45) is 11.8 Å². The Bertz CT molecular complexity index is 1040. The minimum absolute atomic E-state index is 0.156. The van der Waals surface area contributed by atoms with Crippen LogP contribution < -0.4 is 14.8 Å². The Morgan fingerprint density at radius 3 is 2.39 bits per heavy atom. The second-order valence-electron chi connectivity index (χ2n) is 8.37. The number of methoxy groups -OCH3 is 1. The molecule has 3 rings (SSSR count). The van der Waals surface area contributed by atoms with Crippen LogP contribution in [0.25, 0.3) is 0 Å². The van der Waals surface area contributed by atoms with E-state index in [2.05, 4.69) is 19.2 Å². The van der Waals surface area contributed by atoms with Crippen molar-refractivity contribution in [1.29, 1.82) is 0 Å². The van der Waals surface area contributed by atoms with Crippen molar-refractivity contribution in [3.8, 4) is 11.5 Å². The van der Waals surface area contributed by atoms with Crippen molar-refractivity contribution in [3.05, 3.63) is 57.6 Å². The van der Waals surface area contributed by atoms with Crippen LogP contribution >= 0.6 is 0 Å². The van der Waals surface area contributed by atoms with Crippen molar-refractivity contribution in [2.45, 2.75) is 27.2 Å². The summed E-state index contributed by atoms with van der Waals surface area (Å²) in [5.74, 6) is 0.256. The fraction of sp³-hybridized carbons (Fsp3) is 0.417. The van der Waals surface area contributed by atoms with Gasteiger partial charge in [-0.3, -0.25) is 19.7 Å². The van der Waals surface area contributed by atoms with E-state index in [9.17, 15) is 19.7 Å². The molecule has 1 aliphatic rings. The van der Waals surface area contributed by atoms with E-state index in [0.717, 1.165) is 12.5 Å². The highest BCUT2D eigenvalue weighted by molar-refractivity contribution is 6.11. The molecule has 0 aromatic heterocycles. The number of rotatable bonds is 7. The minimum atomic E-state index is -0.717. The number of nitro groups is 1. The number of hydrogen-bond donors (Lipinski definition) is 1. The quantitative estimate of drug-likeness (QED) is 0.490. The number of nitro benzene ring substituents is 1. The number of likely N-dealkylation sites (tertiary alicyclic amines) is 1. The Morgan fingerprint density at radius 2 is 1.79 bits per heavy atom. The summed E-state index contributed by atoms with van der Waals surface area (Å²) >= 11 is 0. The predicted molar refractivity (Wildman–Crippen MR) is 124 cm³/mol. The number of benzene rings is 2. The van der Waals surface area contributed by atoms with E-state index in [1.165, 1.54) is 13.2 Å². The summed E-state index contributed by atoms with van der Waals surface area (Å²) in [6.45, 7) is 7.56. The standard InChI is InChI=1S/C24H29N3O6/c1-5-33-22-11-18(20(27(30)31)12-21(22)32-4)23(28)25-19-9-7-6-8-17(19)24(29)26-13-15(2)10-16(3)14-26/h6-9,11-12,15-16H,5,10,13-14H2,1-4H3,(H,25,28). The van der Waals surface area contributed by atoms with E-state index in [1.54, 1.807) is 36.1 Å². The highest BCUT2D eigenvalue weighted by Crippen LogP contribution is 2.35. The zero-order valence-electron chi connectivity index (χ0n) is 19.3. The molecular weight excluding hydrogens is 426 g/mol. The molecule has 0 spiro atoms. The molecule has 2 aromatic carbocycles. The van der Waals surface area contributed by atoms with Gasteiger partial charge in [-0.05, 0) is 37.3 Å². The number of carbonyl (C=O) groups excluding carboxylic acids is 2. The Labute approximate surface area is 192 Å². The first kappa shape index (κ1) is 24.0. The Kier molecular flexibility index (Phi) is 7.52. The van der Waals surface area contributed by atoms with Gasteiger partial charge in [0.1, 0.15) is 5.56 Å². The zero-order chi connectivity index (χ0) is 24.1. The lowest BCUT2D eigenvalue weighted by Gasteiger charge is -2.35. The van der Waals surface area contributed by atoms with Crippen molar-refractivity contribution in [2.75, 3.05) is 32.1 Å². The Hall–Kier alpha value is -3.62. The smallest absolute Gasteiger partial charge is 0.286 e. The molecule has 0 radical (unpaired) electrons. The Morgan fingerprint density at radius 1 is 1.12 bits per heavy atom. The maximum atomic E-state index is 13.3. The number of para-hydroxylation sites is 1. The molecule has 1 aliphatic heterocycles. The minimum Gasteiger partial charge on any atom is -0.493 e. The fourth-order valence-electron chi connectivity index (χ4n) is 4.28. The van der Waals surface area contributed by atoms with E-state index in [1.807, 2.05) is 0 Å². The van der Waals surface area contributed by atoms with Crippen LogP contribution in [0.3, 0.4) is 0 Å². The molecule has 2 aromatic rings. The lowest BCUT2D eigenvalue weighted by Crippen LogP contribution is -2.42. The normalized spacial score (nSPS) is 17.9. The van der Waals surface area contributed by atoms with E-state index in [0.29, 0.717) is 42.8 Å². The van der Waals surface area contributed by atoms with Gasteiger partial charge in [-0.1, -0.05) is 26.0 Å². The molecule has 33 heavy (non-hydrogen) atoms. The summed E-state index contributed by atoms with van der Waals surface area (Å²) in [7, 11) is 1.37. The van der Waals surface area contributed by atoms with Crippen LogP contribution in [0.15, 0.2) is 36.4 Å². The van der Waals surface area contributed by atoms with Crippen LogP contribution in [0.2, 0.25) is 0 Å². The molecule has 1 fully saturated rings. The lowest BCUT2D eigenvalue weighted by atomic mass is 9.91. The van der Waals surface area contributed by atoms with E-state index < -0.39 is 16.5 Å². The number of piperidine rings is 1. The molecule has 1 N–H and O–H groups in total. The van der Waals surface area contributed by atoms with E-state index in [4.69, 9.17) is 9.47 Å². The number of anilines is 1. The molecule has 0 bridgehead atoms. The van der Waals surface area contributed by atoms with Crippen molar-refractivity contribution in [1.82, 2.24) is 4.90 Å². The predicted octanol–water partition coefficient (Wildman–Crippen LogP) is 4.37. The molecule has 1 heterocycles. The van der Waals surface area contributed by atoms with Gasteiger partial charge in [0.15, 0.2) is 11.5 Å². The molecule has 176 valence electrons. The van der Waals surface area contributed by atoms with Crippen LogP contribution in [0.1, 0.15) is 47.9 Å². The molecule has 9 nitrogen and oxygen atoms in total. The number of carbonyl (C=O) groups is 2. The zero-order valence-corrected chi connectivity index (χ0v) is 19.3. The molecule has 2 unspecified atom stereocenters. The maximum Gasteiger partial charge on any atom is 0.286 e.